The minimum absolute atomic E-state index is 0.228. The predicted octanol–water partition coefficient (Wildman–Crippen LogP) is 3.01. The van der Waals surface area contributed by atoms with Gasteiger partial charge in [0.05, 0.1) is 26.0 Å². The molecule has 0 bridgehead atoms. The number of rotatable bonds is 7. The molecular weight excluding hydrogens is 426 g/mol. The van der Waals surface area contributed by atoms with Crippen LogP contribution in [0.3, 0.4) is 0 Å². The highest BCUT2D eigenvalue weighted by Gasteiger charge is 2.14. The number of anilines is 1. The average molecular weight is 447 g/mol. The molecule has 0 unspecified atom stereocenters. The van der Waals surface area contributed by atoms with Gasteiger partial charge in [0.2, 0.25) is 0 Å². The SMILES string of the molecule is COc1ccc(NC(=O)C(=O)N/N=C/c2ccccc2OC(=O)c2cccc(OC)c2)cc1. The van der Waals surface area contributed by atoms with Crippen molar-refractivity contribution in [1.29, 1.82) is 0 Å². The van der Waals surface area contributed by atoms with Crippen LogP contribution in [0.1, 0.15) is 15.9 Å². The summed E-state index contributed by atoms with van der Waals surface area (Å²) >= 11 is 0. The molecule has 9 heteroatoms. The molecule has 0 saturated heterocycles. The molecule has 33 heavy (non-hydrogen) atoms. The summed E-state index contributed by atoms with van der Waals surface area (Å²) < 4.78 is 15.6. The maximum atomic E-state index is 12.5. The van der Waals surface area contributed by atoms with E-state index in [0.717, 1.165) is 0 Å². The van der Waals surface area contributed by atoms with Crippen LogP contribution in [-0.4, -0.2) is 38.2 Å². The van der Waals surface area contributed by atoms with Gasteiger partial charge in [0.25, 0.3) is 0 Å². The van der Waals surface area contributed by atoms with Crippen molar-refractivity contribution in [3.8, 4) is 17.2 Å². The highest BCUT2D eigenvalue weighted by Crippen LogP contribution is 2.19. The molecule has 0 aliphatic heterocycles. The first-order valence-corrected chi connectivity index (χ1v) is 9.74. The molecule has 0 saturated carbocycles. The summed E-state index contributed by atoms with van der Waals surface area (Å²) in [4.78, 5) is 36.5. The Hall–Kier alpha value is -4.66. The molecular formula is C24H21N3O6. The Labute approximate surface area is 190 Å². The number of hydrogen-bond acceptors (Lipinski definition) is 7. The van der Waals surface area contributed by atoms with E-state index in [4.69, 9.17) is 14.2 Å². The number of para-hydroxylation sites is 1. The van der Waals surface area contributed by atoms with E-state index in [1.807, 2.05) is 0 Å². The second-order valence-electron chi connectivity index (χ2n) is 6.54. The summed E-state index contributed by atoms with van der Waals surface area (Å²) in [5.41, 5.74) is 3.29. The number of amides is 2. The van der Waals surface area contributed by atoms with Crippen molar-refractivity contribution in [2.75, 3.05) is 19.5 Å². The van der Waals surface area contributed by atoms with Crippen LogP contribution >= 0.6 is 0 Å². The van der Waals surface area contributed by atoms with Crippen LogP contribution < -0.4 is 25.0 Å². The largest absolute Gasteiger partial charge is 0.497 e. The van der Waals surface area contributed by atoms with E-state index in [-0.39, 0.29) is 5.75 Å². The number of hydrogen-bond donors (Lipinski definition) is 2. The van der Waals surface area contributed by atoms with E-state index < -0.39 is 17.8 Å². The van der Waals surface area contributed by atoms with Crippen LogP contribution in [0, 0.1) is 0 Å². The van der Waals surface area contributed by atoms with Crippen LogP contribution in [0.5, 0.6) is 17.2 Å². The summed E-state index contributed by atoms with van der Waals surface area (Å²) in [6.07, 6.45) is 1.27. The van der Waals surface area contributed by atoms with Crippen molar-refractivity contribution in [1.82, 2.24) is 5.43 Å². The average Bonchev–Trinajstić information content (AvgIpc) is 2.85. The van der Waals surface area contributed by atoms with Gasteiger partial charge in [-0.25, -0.2) is 10.2 Å². The summed E-state index contributed by atoms with van der Waals surface area (Å²) in [5, 5.41) is 6.23. The minimum Gasteiger partial charge on any atom is -0.497 e. The third kappa shape index (κ3) is 6.41. The standard InChI is InChI=1S/C24H21N3O6/c1-31-19-12-10-18(11-13-19)26-22(28)23(29)27-25-15-17-6-3-4-9-21(17)33-24(30)16-7-5-8-20(14-16)32-2/h3-15H,1-2H3,(H,26,28)(H,27,29)/b25-15+. The van der Waals surface area contributed by atoms with Crippen molar-refractivity contribution < 1.29 is 28.6 Å². The highest BCUT2D eigenvalue weighted by atomic mass is 16.5. The number of esters is 1. The number of nitrogens with zero attached hydrogens (tertiary/aromatic N) is 1. The van der Waals surface area contributed by atoms with Gasteiger partial charge in [0.15, 0.2) is 0 Å². The fraction of sp³-hybridized carbons (Fsp3) is 0.0833. The Bertz CT molecular complexity index is 1170. The second-order valence-corrected chi connectivity index (χ2v) is 6.54. The van der Waals surface area contributed by atoms with Crippen LogP contribution in [0.15, 0.2) is 77.9 Å². The molecule has 0 radical (unpaired) electrons. The van der Waals surface area contributed by atoms with Gasteiger partial charge in [0, 0.05) is 11.3 Å². The Kier molecular flexibility index (Phi) is 7.74. The minimum atomic E-state index is -0.965. The lowest BCUT2D eigenvalue weighted by atomic mass is 10.2. The molecule has 9 nitrogen and oxygen atoms in total. The quantitative estimate of drug-likeness (QED) is 0.189. The van der Waals surface area contributed by atoms with E-state index in [9.17, 15) is 14.4 Å². The lowest BCUT2D eigenvalue weighted by Crippen LogP contribution is -2.32. The Morgan fingerprint density at radius 3 is 2.27 bits per heavy atom. The number of carbonyl (C=O) groups is 3. The number of carbonyl (C=O) groups excluding carboxylic acids is 3. The topological polar surface area (TPSA) is 115 Å². The van der Waals surface area contributed by atoms with Gasteiger partial charge in [-0.05, 0) is 54.6 Å². The second kappa shape index (κ2) is 11.1. The summed E-state index contributed by atoms with van der Waals surface area (Å²) in [6, 6.07) is 19.7. The molecule has 168 valence electrons. The number of nitrogens with one attached hydrogen (secondary N) is 2. The van der Waals surface area contributed by atoms with E-state index in [0.29, 0.717) is 28.3 Å². The third-order valence-corrected chi connectivity index (χ3v) is 4.35. The normalized spacial score (nSPS) is 10.4. The zero-order valence-electron chi connectivity index (χ0n) is 17.9. The first-order chi connectivity index (χ1) is 16.0. The summed E-state index contributed by atoms with van der Waals surface area (Å²) in [7, 11) is 3.03. The molecule has 0 aliphatic carbocycles. The Morgan fingerprint density at radius 2 is 1.55 bits per heavy atom. The van der Waals surface area contributed by atoms with Gasteiger partial charge >= 0.3 is 17.8 Å². The molecule has 0 aromatic heterocycles. The van der Waals surface area contributed by atoms with Gasteiger partial charge < -0.3 is 19.5 Å². The van der Waals surface area contributed by atoms with Crippen LogP contribution in [0.25, 0.3) is 0 Å². The smallest absolute Gasteiger partial charge is 0.343 e. The highest BCUT2D eigenvalue weighted by molar-refractivity contribution is 6.39. The molecule has 2 amide bonds. The molecule has 3 aromatic carbocycles. The lowest BCUT2D eigenvalue weighted by Gasteiger charge is -2.08. The fourth-order valence-electron chi connectivity index (χ4n) is 2.66. The van der Waals surface area contributed by atoms with Crippen molar-refractivity contribution in [3.63, 3.8) is 0 Å². The maximum absolute atomic E-state index is 12.5. The Morgan fingerprint density at radius 1 is 0.818 bits per heavy atom. The molecule has 0 aliphatic rings. The predicted molar refractivity (Wildman–Crippen MR) is 122 cm³/mol. The molecule has 2 N–H and O–H groups in total. The monoisotopic (exact) mass is 447 g/mol. The zero-order chi connectivity index (χ0) is 23.6. The number of benzene rings is 3. The third-order valence-electron chi connectivity index (χ3n) is 4.35. The van der Waals surface area contributed by atoms with Crippen molar-refractivity contribution >= 4 is 29.7 Å². The molecule has 0 heterocycles. The Balaban J connectivity index is 1.61. The zero-order valence-corrected chi connectivity index (χ0v) is 17.9. The van der Waals surface area contributed by atoms with Gasteiger partial charge in [-0.3, -0.25) is 9.59 Å². The molecule has 0 atom stereocenters. The number of hydrazone groups is 1. The van der Waals surface area contributed by atoms with E-state index in [1.165, 1.54) is 20.4 Å². The maximum Gasteiger partial charge on any atom is 0.343 e. The van der Waals surface area contributed by atoms with Gasteiger partial charge in [-0.1, -0.05) is 18.2 Å². The van der Waals surface area contributed by atoms with Gasteiger partial charge in [-0.2, -0.15) is 5.10 Å². The van der Waals surface area contributed by atoms with Crippen molar-refractivity contribution in [2.24, 2.45) is 5.10 Å². The van der Waals surface area contributed by atoms with Gasteiger partial charge in [0.1, 0.15) is 17.2 Å². The molecule has 3 rings (SSSR count). The summed E-state index contributed by atoms with van der Waals surface area (Å²) in [5.74, 6) is -1.07. The number of methoxy groups -OCH3 is 2. The van der Waals surface area contributed by atoms with Crippen LogP contribution in [0.2, 0.25) is 0 Å². The molecule has 0 spiro atoms. The molecule has 3 aromatic rings. The summed E-state index contributed by atoms with van der Waals surface area (Å²) in [6.45, 7) is 0. The first-order valence-electron chi connectivity index (χ1n) is 9.74. The van der Waals surface area contributed by atoms with Gasteiger partial charge in [-0.15, -0.1) is 0 Å². The van der Waals surface area contributed by atoms with E-state index >= 15 is 0 Å². The van der Waals surface area contributed by atoms with Crippen molar-refractivity contribution in [2.45, 2.75) is 0 Å². The lowest BCUT2D eigenvalue weighted by molar-refractivity contribution is -0.136. The molecule has 0 fully saturated rings. The fourth-order valence-corrected chi connectivity index (χ4v) is 2.66. The van der Waals surface area contributed by atoms with Crippen LogP contribution in [0.4, 0.5) is 5.69 Å². The van der Waals surface area contributed by atoms with Crippen molar-refractivity contribution in [3.05, 3.63) is 83.9 Å². The van der Waals surface area contributed by atoms with E-state index in [1.54, 1.807) is 72.8 Å². The first kappa shape index (κ1) is 23.0. The van der Waals surface area contributed by atoms with E-state index in [2.05, 4.69) is 15.8 Å². The van der Waals surface area contributed by atoms with Crippen LogP contribution in [-0.2, 0) is 9.59 Å². The number of ether oxygens (including phenoxy) is 3.